The van der Waals surface area contributed by atoms with Crippen molar-refractivity contribution in [3.8, 4) is 11.5 Å². The summed E-state index contributed by atoms with van der Waals surface area (Å²) in [6.07, 6.45) is 6.43. The molecule has 2 rings (SSSR count). The van der Waals surface area contributed by atoms with E-state index in [1.165, 1.54) is 37.0 Å². The van der Waals surface area contributed by atoms with E-state index in [0.717, 1.165) is 39.0 Å². The maximum absolute atomic E-state index is 13.3. The highest BCUT2D eigenvalue weighted by molar-refractivity contribution is 8.93. The minimum absolute atomic E-state index is 0. The van der Waals surface area contributed by atoms with Gasteiger partial charge in [-0.25, -0.2) is 4.39 Å². The van der Waals surface area contributed by atoms with Crippen LogP contribution in [0.3, 0.4) is 0 Å². The van der Waals surface area contributed by atoms with Crippen LogP contribution in [0.25, 0.3) is 0 Å². The van der Waals surface area contributed by atoms with Gasteiger partial charge in [0, 0.05) is 0 Å². The molecule has 0 spiro atoms. The fourth-order valence-corrected chi connectivity index (χ4v) is 3.00. The second-order valence-electron chi connectivity index (χ2n) is 6.85. The van der Waals surface area contributed by atoms with E-state index in [4.69, 9.17) is 0 Å². The third-order valence-electron chi connectivity index (χ3n) is 4.58. The van der Waals surface area contributed by atoms with Crippen LogP contribution in [0.4, 0.5) is 4.39 Å². The van der Waals surface area contributed by atoms with Crippen molar-refractivity contribution in [3.05, 3.63) is 59.4 Å². The molecule has 0 fully saturated rings. The van der Waals surface area contributed by atoms with Crippen LogP contribution < -0.4 is 10.6 Å². The Hall–Kier alpha value is -1.15. The number of benzene rings is 2. The molecule has 4 N–H and O–H groups in total. The second kappa shape index (κ2) is 16.6. The van der Waals surface area contributed by atoms with E-state index in [-0.39, 0.29) is 34.0 Å². The van der Waals surface area contributed by atoms with Gasteiger partial charge in [-0.1, -0.05) is 43.2 Å². The molecule has 4 nitrogen and oxygen atoms in total. The maximum Gasteiger partial charge on any atom is 0.194 e. The minimum Gasteiger partial charge on any atom is -0.504 e. The first-order valence-corrected chi connectivity index (χ1v) is 9.82. The highest BCUT2D eigenvalue weighted by Gasteiger charge is 2.08. The quantitative estimate of drug-likeness (QED) is 0.217. The third-order valence-corrected chi connectivity index (χ3v) is 4.58. The lowest BCUT2D eigenvalue weighted by Gasteiger charge is -2.07. The zero-order valence-electron chi connectivity index (χ0n) is 16.7. The predicted molar refractivity (Wildman–Crippen MR) is 128 cm³/mol. The molecule has 0 bridgehead atoms. The standard InChI is InChI=1S/C22H31FN2O2.2BrH/c23-20-16-19(17-21(26)22(20)27)11-15-25-13-7-2-1-6-12-24-14-10-18-8-4-3-5-9-18;;/h3-5,8-9,16-17,24-27H,1-2,6-7,10-15H2;2*1H. The molecule has 2 aromatic rings. The van der Waals surface area contributed by atoms with Gasteiger partial charge in [-0.05, 0) is 75.1 Å². The summed E-state index contributed by atoms with van der Waals surface area (Å²) in [5.41, 5.74) is 2.05. The summed E-state index contributed by atoms with van der Waals surface area (Å²) in [5, 5.41) is 25.4. The van der Waals surface area contributed by atoms with Crippen LogP contribution in [-0.2, 0) is 12.8 Å². The van der Waals surface area contributed by atoms with Crippen LogP contribution in [0.1, 0.15) is 36.8 Å². The Labute approximate surface area is 194 Å². The van der Waals surface area contributed by atoms with Gasteiger partial charge in [0.25, 0.3) is 0 Å². The van der Waals surface area contributed by atoms with Gasteiger partial charge in [0.1, 0.15) is 0 Å². The molecule has 7 heteroatoms. The minimum atomic E-state index is -0.776. The Morgan fingerprint density at radius 1 is 0.690 bits per heavy atom. The smallest absolute Gasteiger partial charge is 0.194 e. The number of phenolic OH excluding ortho intramolecular Hbond substituents is 2. The molecule has 0 atom stereocenters. The lowest BCUT2D eigenvalue weighted by atomic mass is 10.1. The summed E-state index contributed by atoms with van der Waals surface area (Å²) in [4.78, 5) is 0. The summed E-state index contributed by atoms with van der Waals surface area (Å²) in [5.74, 6) is -1.86. The van der Waals surface area contributed by atoms with Crippen LogP contribution >= 0.6 is 34.0 Å². The Morgan fingerprint density at radius 3 is 1.79 bits per heavy atom. The number of rotatable bonds is 13. The predicted octanol–water partition coefficient (Wildman–Crippen LogP) is 4.92. The average Bonchev–Trinajstić information content (AvgIpc) is 2.67. The van der Waals surface area contributed by atoms with Crippen molar-refractivity contribution in [1.29, 1.82) is 0 Å². The molecule has 2 aromatic carbocycles. The summed E-state index contributed by atoms with van der Waals surface area (Å²) >= 11 is 0. The van der Waals surface area contributed by atoms with E-state index < -0.39 is 17.3 Å². The van der Waals surface area contributed by atoms with E-state index >= 15 is 0 Å². The van der Waals surface area contributed by atoms with Crippen molar-refractivity contribution in [1.82, 2.24) is 10.6 Å². The number of hydrogen-bond acceptors (Lipinski definition) is 4. The van der Waals surface area contributed by atoms with E-state index in [9.17, 15) is 14.6 Å². The fraction of sp³-hybridized carbons (Fsp3) is 0.455. The normalized spacial score (nSPS) is 10.2. The number of phenols is 2. The van der Waals surface area contributed by atoms with Gasteiger partial charge in [0.05, 0.1) is 0 Å². The highest BCUT2D eigenvalue weighted by Crippen LogP contribution is 2.28. The Balaban J connectivity index is 0.00000392. The highest BCUT2D eigenvalue weighted by atomic mass is 79.9. The van der Waals surface area contributed by atoms with Crippen molar-refractivity contribution in [2.24, 2.45) is 0 Å². The van der Waals surface area contributed by atoms with E-state index in [1.807, 2.05) is 6.07 Å². The number of aromatic hydroxyl groups is 2. The number of hydrogen-bond donors (Lipinski definition) is 4. The Morgan fingerprint density at radius 2 is 1.24 bits per heavy atom. The number of unbranched alkanes of at least 4 members (excludes halogenated alkanes) is 3. The molecular weight excluding hydrogens is 503 g/mol. The Bertz CT molecular complexity index is 652. The summed E-state index contributed by atoms with van der Waals surface area (Å²) in [6.45, 7) is 3.76. The summed E-state index contributed by atoms with van der Waals surface area (Å²) < 4.78 is 13.3. The van der Waals surface area contributed by atoms with Gasteiger partial charge in [-0.15, -0.1) is 34.0 Å². The molecule has 164 valence electrons. The fourth-order valence-electron chi connectivity index (χ4n) is 3.00. The van der Waals surface area contributed by atoms with Crippen molar-refractivity contribution >= 4 is 34.0 Å². The first kappa shape index (κ1) is 27.8. The van der Waals surface area contributed by atoms with E-state index in [0.29, 0.717) is 12.0 Å². The third kappa shape index (κ3) is 11.6. The number of nitrogens with one attached hydrogen (secondary N) is 2. The van der Waals surface area contributed by atoms with Crippen LogP contribution in [0, 0.1) is 5.82 Å². The van der Waals surface area contributed by atoms with Gasteiger partial charge in [0.2, 0.25) is 0 Å². The molecule has 0 aliphatic carbocycles. The molecule has 0 saturated heterocycles. The van der Waals surface area contributed by atoms with E-state index in [1.54, 1.807) is 0 Å². The average molecular weight is 536 g/mol. The maximum atomic E-state index is 13.3. The van der Waals surface area contributed by atoms with E-state index in [2.05, 4.69) is 34.9 Å². The summed E-state index contributed by atoms with van der Waals surface area (Å²) in [7, 11) is 0. The molecule has 0 amide bonds. The topological polar surface area (TPSA) is 64.5 Å². The second-order valence-corrected chi connectivity index (χ2v) is 6.85. The molecule has 0 unspecified atom stereocenters. The number of halogens is 3. The first-order valence-electron chi connectivity index (χ1n) is 9.82. The molecule has 0 aliphatic rings. The van der Waals surface area contributed by atoms with Gasteiger partial charge in [0.15, 0.2) is 17.3 Å². The van der Waals surface area contributed by atoms with Gasteiger partial charge in [-0.2, -0.15) is 0 Å². The zero-order chi connectivity index (χ0) is 19.3. The van der Waals surface area contributed by atoms with Crippen LogP contribution in [-0.4, -0.2) is 36.4 Å². The van der Waals surface area contributed by atoms with Crippen LogP contribution in [0.15, 0.2) is 42.5 Å². The van der Waals surface area contributed by atoms with Crippen molar-refractivity contribution < 1.29 is 14.6 Å². The first-order chi connectivity index (χ1) is 13.2. The van der Waals surface area contributed by atoms with Crippen molar-refractivity contribution in [2.45, 2.75) is 38.5 Å². The van der Waals surface area contributed by atoms with Gasteiger partial charge >= 0.3 is 0 Å². The molecular formula is C22H33Br2FN2O2. The zero-order valence-corrected chi connectivity index (χ0v) is 20.1. The lowest BCUT2D eigenvalue weighted by Crippen LogP contribution is -2.19. The van der Waals surface area contributed by atoms with Gasteiger partial charge < -0.3 is 20.8 Å². The molecule has 0 saturated carbocycles. The van der Waals surface area contributed by atoms with Crippen molar-refractivity contribution in [2.75, 3.05) is 26.2 Å². The van der Waals surface area contributed by atoms with Crippen LogP contribution in [0.5, 0.6) is 11.5 Å². The molecule has 0 aromatic heterocycles. The molecule has 0 heterocycles. The Kier molecular flexibility index (Phi) is 16.0. The SMILES string of the molecule is Br.Br.Oc1cc(CCNCCCCCCNCCc2ccccc2)cc(F)c1O. The monoisotopic (exact) mass is 534 g/mol. The van der Waals surface area contributed by atoms with Crippen LogP contribution in [0.2, 0.25) is 0 Å². The summed E-state index contributed by atoms with van der Waals surface area (Å²) in [6, 6.07) is 13.2. The van der Waals surface area contributed by atoms with Gasteiger partial charge in [-0.3, -0.25) is 0 Å². The molecule has 0 radical (unpaired) electrons. The van der Waals surface area contributed by atoms with Crippen molar-refractivity contribution in [3.63, 3.8) is 0 Å². The molecule has 29 heavy (non-hydrogen) atoms. The molecule has 0 aliphatic heterocycles. The largest absolute Gasteiger partial charge is 0.504 e. The lowest BCUT2D eigenvalue weighted by molar-refractivity contribution is 0.378.